The molecule has 2 rings (SSSR count). The molecule has 0 aliphatic carbocycles. The van der Waals surface area contributed by atoms with Gasteiger partial charge in [-0.1, -0.05) is 42.5 Å². The van der Waals surface area contributed by atoms with Gasteiger partial charge in [0.15, 0.2) is 0 Å². The Morgan fingerprint density at radius 3 is 2.41 bits per heavy atom. The van der Waals surface area contributed by atoms with Gasteiger partial charge in [0.25, 0.3) is 0 Å². The third kappa shape index (κ3) is 3.10. The fourth-order valence-electron chi connectivity index (χ4n) is 2.06. The summed E-state index contributed by atoms with van der Waals surface area (Å²) in [7, 11) is 1.99. The standard InChI is InChI=1S/C16H19N/c1-13-8-10-15(16(12-13)17-2)11-9-14-6-4-3-5-7-14/h3-8,10,12,17H,9,11H2,1-2H3. The third-order valence-corrected chi connectivity index (χ3v) is 3.06. The molecule has 17 heavy (non-hydrogen) atoms. The normalized spacial score (nSPS) is 10.2. The molecule has 0 unspecified atom stereocenters. The largest absolute Gasteiger partial charge is 0.388 e. The van der Waals surface area contributed by atoms with E-state index < -0.39 is 0 Å². The molecule has 0 amide bonds. The SMILES string of the molecule is CNc1cc(C)ccc1CCc1ccccc1. The molecule has 0 fully saturated rings. The minimum atomic E-state index is 1.08. The maximum Gasteiger partial charge on any atom is 0.0372 e. The summed E-state index contributed by atoms with van der Waals surface area (Å²) in [6, 6.07) is 17.3. The molecule has 1 N–H and O–H groups in total. The van der Waals surface area contributed by atoms with Gasteiger partial charge in [0.2, 0.25) is 0 Å². The molecule has 2 aromatic carbocycles. The summed E-state index contributed by atoms with van der Waals surface area (Å²) in [4.78, 5) is 0. The molecule has 0 aliphatic rings. The van der Waals surface area contributed by atoms with Gasteiger partial charge in [-0.3, -0.25) is 0 Å². The fraction of sp³-hybridized carbons (Fsp3) is 0.250. The summed E-state index contributed by atoms with van der Waals surface area (Å²) < 4.78 is 0. The van der Waals surface area contributed by atoms with E-state index in [0.717, 1.165) is 12.8 Å². The van der Waals surface area contributed by atoms with Gasteiger partial charge >= 0.3 is 0 Å². The Labute approximate surface area is 103 Å². The van der Waals surface area contributed by atoms with E-state index >= 15 is 0 Å². The van der Waals surface area contributed by atoms with Gasteiger partial charge in [-0.25, -0.2) is 0 Å². The monoisotopic (exact) mass is 225 g/mol. The van der Waals surface area contributed by atoms with E-state index in [4.69, 9.17) is 0 Å². The molecule has 0 saturated carbocycles. The lowest BCUT2D eigenvalue weighted by molar-refractivity contribution is 0.960. The molecule has 0 heterocycles. The van der Waals surface area contributed by atoms with Crippen LogP contribution < -0.4 is 5.32 Å². The minimum Gasteiger partial charge on any atom is -0.388 e. The van der Waals surface area contributed by atoms with Crippen LogP contribution in [-0.2, 0) is 12.8 Å². The van der Waals surface area contributed by atoms with Crippen molar-refractivity contribution < 1.29 is 0 Å². The van der Waals surface area contributed by atoms with Gasteiger partial charge < -0.3 is 5.32 Å². The summed E-state index contributed by atoms with van der Waals surface area (Å²) in [5.74, 6) is 0. The summed E-state index contributed by atoms with van der Waals surface area (Å²) in [5, 5.41) is 3.27. The van der Waals surface area contributed by atoms with E-state index in [0.29, 0.717) is 0 Å². The molecule has 0 aliphatic heterocycles. The average molecular weight is 225 g/mol. The number of aryl methyl sites for hydroxylation is 3. The van der Waals surface area contributed by atoms with Crippen LogP contribution in [0.5, 0.6) is 0 Å². The molecule has 0 spiro atoms. The van der Waals surface area contributed by atoms with Gasteiger partial charge in [-0.2, -0.15) is 0 Å². The smallest absolute Gasteiger partial charge is 0.0372 e. The Morgan fingerprint density at radius 2 is 1.71 bits per heavy atom. The first-order valence-electron chi connectivity index (χ1n) is 6.11. The molecule has 0 radical (unpaired) electrons. The zero-order valence-electron chi connectivity index (χ0n) is 10.5. The van der Waals surface area contributed by atoms with E-state index in [-0.39, 0.29) is 0 Å². The molecule has 1 heteroatoms. The quantitative estimate of drug-likeness (QED) is 0.834. The van der Waals surface area contributed by atoms with Crippen molar-refractivity contribution in [2.75, 3.05) is 12.4 Å². The van der Waals surface area contributed by atoms with Crippen molar-refractivity contribution in [3.05, 3.63) is 65.2 Å². The van der Waals surface area contributed by atoms with Crippen molar-refractivity contribution >= 4 is 5.69 Å². The van der Waals surface area contributed by atoms with Crippen LogP contribution >= 0.6 is 0 Å². The van der Waals surface area contributed by atoms with Crippen molar-refractivity contribution in [2.45, 2.75) is 19.8 Å². The molecule has 1 nitrogen and oxygen atoms in total. The van der Waals surface area contributed by atoms with E-state index in [1.165, 1.54) is 22.4 Å². The van der Waals surface area contributed by atoms with E-state index in [2.05, 4.69) is 60.8 Å². The topological polar surface area (TPSA) is 12.0 Å². The molecule has 88 valence electrons. The summed E-state index contributed by atoms with van der Waals surface area (Å²) in [6.45, 7) is 2.13. The Balaban J connectivity index is 2.09. The summed E-state index contributed by atoms with van der Waals surface area (Å²) >= 11 is 0. The highest BCUT2D eigenvalue weighted by Crippen LogP contribution is 2.19. The van der Waals surface area contributed by atoms with Crippen LogP contribution in [0.15, 0.2) is 48.5 Å². The predicted molar refractivity (Wildman–Crippen MR) is 74.6 cm³/mol. The van der Waals surface area contributed by atoms with Gasteiger partial charge in [-0.05, 0) is 42.5 Å². The Hall–Kier alpha value is -1.76. The van der Waals surface area contributed by atoms with Crippen LogP contribution in [-0.4, -0.2) is 7.05 Å². The minimum absolute atomic E-state index is 1.08. The Bertz CT molecular complexity index is 474. The van der Waals surface area contributed by atoms with E-state index in [9.17, 15) is 0 Å². The number of anilines is 1. The van der Waals surface area contributed by atoms with Crippen molar-refractivity contribution in [3.8, 4) is 0 Å². The summed E-state index contributed by atoms with van der Waals surface area (Å²) in [6.07, 6.45) is 2.18. The van der Waals surface area contributed by atoms with Crippen LogP contribution in [0, 0.1) is 6.92 Å². The second-order valence-electron chi connectivity index (χ2n) is 4.40. The zero-order chi connectivity index (χ0) is 12.1. The molecular formula is C16H19N. The Morgan fingerprint density at radius 1 is 0.941 bits per heavy atom. The number of hydrogen-bond acceptors (Lipinski definition) is 1. The van der Waals surface area contributed by atoms with Crippen LogP contribution in [0.4, 0.5) is 5.69 Å². The van der Waals surface area contributed by atoms with Crippen molar-refractivity contribution in [1.29, 1.82) is 0 Å². The number of benzene rings is 2. The lowest BCUT2D eigenvalue weighted by Gasteiger charge is -2.10. The maximum absolute atomic E-state index is 3.27. The van der Waals surface area contributed by atoms with Crippen LogP contribution in [0.25, 0.3) is 0 Å². The van der Waals surface area contributed by atoms with Crippen LogP contribution in [0.1, 0.15) is 16.7 Å². The van der Waals surface area contributed by atoms with Crippen molar-refractivity contribution in [1.82, 2.24) is 0 Å². The predicted octanol–water partition coefficient (Wildman–Crippen LogP) is 3.82. The fourth-order valence-corrected chi connectivity index (χ4v) is 2.06. The van der Waals surface area contributed by atoms with Gasteiger partial charge in [-0.15, -0.1) is 0 Å². The molecule has 0 bridgehead atoms. The van der Waals surface area contributed by atoms with Gasteiger partial charge in [0.1, 0.15) is 0 Å². The second kappa shape index (κ2) is 5.53. The van der Waals surface area contributed by atoms with Crippen molar-refractivity contribution in [3.63, 3.8) is 0 Å². The average Bonchev–Trinajstić information content (AvgIpc) is 2.38. The highest BCUT2D eigenvalue weighted by molar-refractivity contribution is 5.53. The lowest BCUT2D eigenvalue weighted by Crippen LogP contribution is -1.98. The highest BCUT2D eigenvalue weighted by atomic mass is 14.8. The molecule has 2 aromatic rings. The first-order valence-corrected chi connectivity index (χ1v) is 6.11. The van der Waals surface area contributed by atoms with E-state index in [1.807, 2.05) is 7.05 Å². The molecule has 0 saturated heterocycles. The first-order chi connectivity index (χ1) is 8.29. The molecular weight excluding hydrogens is 206 g/mol. The third-order valence-electron chi connectivity index (χ3n) is 3.06. The van der Waals surface area contributed by atoms with Crippen LogP contribution in [0.3, 0.4) is 0 Å². The lowest BCUT2D eigenvalue weighted by atomic mass is 10.0. The maximum atomic E-state index is 3.27. The zero-order valence-corrected chi connectivity index (χ0v) is 10.5. The van der Waals surface area contributed by atoms with Crippen LogP contribution in [0.2, 0.25) is 0 Å². The second-order valence-corrected chi connectivity index (χ2v) is 4.40. The molecule has 0 aromatic heterocycles. The number of rotatable bonds is 4. The highest BCUT2D eigenvalue weighted by Gasteiger charge is 2.01. The van der Waals surface area contributed by atoms with E-state index in [1.54, 1.807) is 0 Å². The Kier molecular flexibility index (Phi) is 3.81. The van der Waals surface area contributed by atoms with Crippen molar-refractivity contribution in [2.24, 2.45) is 0 Å². The first kappa shape index (κ1) is 11.7. The molecule has 0 atom stereocenters. The van der Waals surface area contributed by atoms with Gasteiger partial charge in [0.05, 0.1) is 0 Å². The van der Waals surface area contributed by atoms with Gasteiger partial charge in [0, 0.05) is 12.7 Å². The number of hydrogen-bond donors (Lipinski definition) is 1. The number of nitrogens with one attached hydrogen (secondary N) is 1. The summed E-state index contributed by atoms with van der Waals surface area (Å²) in [5.41, 5.74) is 5.34.